The van der Waals surface area contributed by atoms with E-state index in [9.17, 15) is 13.2 Å². The molecule has 0 fully saturated rings. The van der Waals surface area contributed by atoms with E-state index in [0.29, 0.717) is 5.88 Å². The van der Waals surface area contributed by atoms with Crippen LogP contribution >= 0.6 is 11.6 Å². The van der Waals surface area contributed by atoms with Crippen LogP contribution in [-0.4, -0.2) is 38.5 Å². The number of carbonyl (C=O) groups is 1. The van der Waals surface area contributed by atoms with Gasteiger partial charge < -0.3 is 5.32 Å². The Balaban J connectivity index is 3.91. The minimum Gasteiger partial charge on any atom is -0.354 e. The number of hydrogen-bond acceptors (Lipinski definition) is 3. The summed E-state index contributed by atoms with van der Waals surface area (Å²) in [5.41, 5.74) is 0. The number of carbonyl (C=O) groups excluding carboxylic acids is 1. The predicted molar refractivity (Wildman–Crippen MR) is 69.6 cm³/mol. The zero-order chi connectivity index (χ0) is 13.5. The molecule has 0 aliphatic carbocycles. The lowest BCUT2D eigenvalue weighted by molar-refractivity contribution is -0.121. The number of alkyl halides is 1. The summed E-state index contributed by atoms with van der Waals surface area (Å²) in [6.07, 6.45) is 0.146. The molecule has 5 nitrogen and oxygen atoms in total. The van der Waals surface area contributed by atoms with Gasteiger partial charge in [0.05, 0.1) is 5.75 Å². The molecule has 0 aromatic rings. The van der Waals surface area contributed by atoms with Gasteiger partial charge >= 0.3 is 0 Å². The highest BCUT2D eigenvalue weighted by Crippen LogP contribution is 2.01. The van der Waals surface area contributed by atoms with Crippen LogP contribution in [0.1, 0.15) is 27.2 Å². The predicted octanol–water partition coefficient (Wildman–Crippen LogP) is 0.695. The number of rotatable bonds is 8. The van der Waals surface area contributed by atoms with Gasteiger partial charge in [0.15, 0.2) is 0 Å². The van der Waals surface area contributed by atoms with E-state index < -0.39 is 10.0 Å². The molecule has 1 atom stereocenters. The second kappa shape index (κ2) is 7.89. The fourth-order valence-corrected chi connectivity index (χ4v) is 2.83. The molecular weight excluding hydrogens is 264 g/mol. The van der Waals surface area contributed by atoms with E-state index in [2.05, 4.69) is 10.0 Å². The largest absolute Gasteiger partial charge is 0.354 e. The van der Waals surface area contributed by atoms with Crippen LogP contribution in [0.5, 0.6) is 0 Å². The summed E-state index contributed by atoms with van der Waals surface area (Å²) in [5.74, 6) is 0.0311. The number of nitrogens with one attached hydrogen (secondary N) is 2. The second-order valence-corrected chi connectivity index (χ2v) is 6.57. The van der Waals surface area contributed by atoms with Crippen LogP contribution in [0.2, 0.25) is 0 Å². The van der Waals surface area contributed by atoms with Gasteiger partial charge in [0.2, 0.25) is 15.9 Å². The second-order valence-electron chi connectivity index (χ2n) is 4.41. The van der Waals surface area contributed by atoms with Crippen LogP contribution in [0.25, 0.3) is 0 Å². The molecule has 0 saturated carbocycles. The standard InChI is InChI=1S/C10H21ClN2O3S/c1-8(2)13-10(14)4-5-12-17(15,16)7-9(3)6-11/h8-9,12H,4-7H2,1-3H3,(H,13,14). The molecule has 0 spiro atoms. The summed E-state index contributed by atoms with van der Waals surface area (Å²) in [6.45, 7) is 5.59. The van der Waals surface area contributed by atoms with Crippen molar-refractivity contribution in [2.45, 2.75) is 33.2 Å². The van der Waals surface area contributed by atoms with E-state index in [1.807, 2.05) is 13.8 Å². The Hall–Kier alpha value is -0.330. The number of amides is 1. The van der Waals surface area contributed by atoms with E-state index in [0.717, 1.165) is 0 Å². The lowest BCUT2D eigenvalue weighted by atomic mass is 10.3. The van der Waals surface area contributed by atoms with Gasteiger partial charge in [0.1, 0.15) is 0 Å². The van der Waals surface area contributed by atoms with Crippen LogP contribution < -0.4 is 10.0 Å². The van der Waals surface area contributed by atoms with Gasteiger partial charge in [-0.2, -0.15) is 0 Å². The highest BCUT2D eigenvalue weighted by Gasteiger charge is 2.15. The van der Waals surface area contributed by atoms with Crippen LogP contribution in [0.15, 0.2) is 0 Å². The van der Waals surface area contributed by atoms with Crippen molar-refractivity contribution in [1.29, 1.82) is 0 Å². The summed E-state index contributed by atoms with van der Waals surface area (Å²) in [4.78, 5) is 11.3. The van der Waals surface area contributed by atoms with Gasteiger partial charge in [0, 0.05) is 24.9 Å². The van der Waals surface area contributed by atoms with E-state index in [1.54, 1.807) is 6.92 Å². The van der Waals surface area contributed by atoms with Crippen molar-refractivity contribution in [3.63, 3.8) is 0 Å². The number of sulfonamides is 1. The van der Waals surface area contributed by atoms with Crippen LogP contribution in [0.3, 0.4) is 0 Å². The topological polar surface area (TPSA) is 75.3 Å². The summed E-state index contributed by atoms with van der Waals surface area (Å²) in [7, 11) is -3.33. The Morgan fingerprint density at radius 3 is 2.35 bits per heavy atom. The molecule has 0 aromatic heterocycles. The molecule has 0 aliphatic rings. The molecule has 0 bridgehead atoms. The summed E-state index contributed by atoms with van der Waals surface area (Å²) in [6, 6.07) is 0.0652. The lowest BCUT2D eigenvalue weighted by Crippen LogP contribution is -2.35. The third-order valence-electron chi connectivity index (χ3n) is 1.89. The van der Waals surface area contributed by atoms with Gasteiger partial charge in [-0.1, -0.05) is 6.92 Å². The molecule has 0 radical (unpaired) electrons. The first-order chi connectivity index (χ1) is 7.76. The highest BCUT2D eigenvalue weighted by molar-refractivity contribution is 7.89. The fraction of sp³-hybridized carbons (Fsp3) is 0.900. The number of halogens is 1. The normalized spacial score (nSPS) is 13.7. The van der Waals surface area contributed by atoms with E-state index in [-0.39, 0.29) is 36.6 Å². The molecule has 102 valence electrons. The molecular formula is C10H21ClN2O3S. The maximum absolute atomic E-state index is 11.5. The minimum absolute atomic E-state index is 0.0116. The first-order valence-electron chi connectivity index (χ1n) is 5.59. The molecule has 0 aromatic carbocycles. The highest BCUT2D eigenvalue weighted by atomic mass is 35.5. The summed E-state index contributed by atoms with van der Waals surface area (Å²) >= 11 is 5.54. The van der Waals surface area contributed by atoms with Gasteiger partial charge in [-0.05, 0) is 19.8 Å². The fourth-order valence-electron chi connectivity index (χ4n) is 1.19. The van der Waals surface area contributed by atoms with Crippen molar-refractivity contribution in [3.05, 3.63) is 0 Å². The molecule has 0 saturated heterocycles. The monoisotopic (exact) mass is 284 g/mol. The van der Waals surface area contributed by atoms with E-state index in [1.165, 1.54) is 0 Å². The average molecular weight is 285 g/mol. The van der Waals surface area contributed by atoms with Gasteiger partial charge in [-0.3, -0.25) is 4.79 Å². The Labute approximate surface area is 108 Å². The first-order valence-corrected chi connectivity index (χ1v) is 7.78. The van der Waals surface area contributed by atoms with Crippen molar-refractivity contribution in [1.82, 2.24) is 10.0 Å². The summed E-state index contributed by atoms with van der Waals surface area (Å²) in [5, 5.41) is 2.69. The third kappa shape index (κ3) is 9.38. The van der Waals surface area contributed by atoms with Crippen molar-refractivity contribution in [2.75, 3.05) is 18.2 Å². The van der Waals surface area contributed by atoms with Crippen molar-refractivity contribution in [3.8, 4) is 0 Å². The zero-order valence-corrected chi connectivity index (χ0v) is 12.1. The van der Waals surface area contributed by atoms with Crippen LogP contribution in [0, 0.1) is 5.92 Å². The van der Waals surface area contributed by atoms with Crippen molar-refractivity contribution in [2.24, 2.45) is 5.92 Å². The summed E-state index contributed by atoms with van der Waals surface area (Å²) < 4.78 is 25.4. The molecule has 0 aliphatic heterocycles. The van der Waals surface area contributed by atoms with Crippen molar-refractivity contribution >= 4 is 27.5 Å². The number of hydrogen-bond donors (Lipinski definition) is 2. The molecule has 17 heavy (non-hydrogen) atoms. The molecule has 7 heteroatoms. The van der Waals surface area contributed by atoms with Gasteiger partial charge in [0.25, 0.3) is 0 Å². The minimum atomic E-state index is -3.33. The molecule has 0 rings (SSSR count). The van der Waals surface area contributed by atoms with Crippen LogP contribution in [0.4, 0.5) is 0 Å². The maximum Gasteiger partial charge on any atom is 0.221 e. The Morgan fingerprint density at radius 1 is 1.29 bits per heavy atom. The van der Waals surface area contributed by atoms with Crippen LogP contribution in [-0.2, 0) is 14.8 Å². The molecule has 0 heterocycles. The third-order valence-corrected chi connectivity index (χ3v) is 4.07. The Kier molecular flexibility index (Phi) is 7.74. The Bertz CT molecular complexity index is 330. The first kappa shape index (κ1) is 16.7. The average Bonchev–Trinajstić information content (AvgIpc) is 2.15. The molecule has 2 N–H and O–H groups in total. The molecule has 1 amide bonds. The lowest BCUT2D eigenvalue weighted by Gasteiger charge is -2.11. The quantitative estimate of drug-likeness (QED) is 0.644. The van der Waals surface area contributed by atoms with E-state index in [4.69, 9.17) is 11.6 Å². The molecule has 1 unspecified atom stereocenters. The Morgan fingerprint density at radius 2 is 1.88 bits per heavy atom. The smallest absolute Gasteiger partial charge is 0.221 e. The van der Waals surface area contributed by atoms with Crippen molar-refractivity contribution < 1.29 is 13.2 Å². The van der Waals surface area contributed by atoms with E-state index >= 15 is 0 Å². The van der Waals surface area contributed by atoms with Gasteiger partial charge in [-0.25, -0.2) is 13.1 Å². The maximum atomic E-state index is 11.5. The SMILES string of the molecule is CC(CCl)CS(=O)(=O)NCCC(=O)NC(C)C. The zero-order valence-electron chi connectivity index (χ0n) is 10.5. The van der Waals surface area contributed by atoms with Gasteiger partial charge in [-0.15, -0.1) is 11.6 Å².